The monoisotopic (exact) mass is 481 g/mol. The second kappa shape index (κ2) is 8.33. The largest absolute Gasteiger partial charge is 0.419 e. The molecule has 5 rings (SSSR count). The van der Waals surface area contributed by atoms with Gasteiger partial charge in [0.05, 0.1) is 28.5 Å². The average molecular weight is 481 g/mol. The van der Waals surface area contributed by atoms with Crippen LogP contribution in [0.1, 0.15) is 30.3 Å². The summed E-state index contributed by atoms with van der Waals surface area (Å²) in [4.78, 5) is 31.3. The standard InChI is InChI=1S/C24H22F3N7O/c1-3-20(35)33-8-6-15(7-9-33)34-13(2)31-19-12-29-18-5-4-17(32-21(18)22(19)34)14-10-16(24(25,26)27)23(28)30-11-14/h3-5,10-12,15H,1,6-9H2,2H3,(H2,28,30). The van der Waals surface area contributed by atoms with E-state index in [1.165, 1.54) is 12.3 Å². The normalized spacial score (nSPS) is 15.1. The van der Waals surface area contributed by atoms with Gasteiger partial charge in [0.15, 0.2) is 0 Å². The van der Waals surface area contributed by atoms with Crippen LogP contribution in [0.5, 0.6) is 0 Å². The smallest absolute Gasteiger partial charge is 0.383 e. The Labute approximate surface area is 198 Å². The highest BCUT2D eigenvalue weighted by Crippen LogP contribution is 2.36. The van der Waals surface area contributed by atoms with Gasteiger partial charge in [-0.3, -0.25) is 9.78 Å². The van der Waals surface area contributed by atoms with Crippen LogP contribution in [-0.4, -0.2) is 48.4 Å². The zero-order valence-corrected chi connectivity index (χ0v) is 18.9. The van der Waals surface area contributed by atoms with Crippen molar-refractivity contribution in [2.75, 3.05) is 18.8 Å². The molecule has 0 bridgehead atoms. The van der Waals surface area contributed by atoms with E-state index in [0.29, 0.717) is 35.3 Å². The van der Waals surface area contributed by atoms with Gasteiger partial charge in [-0.1, -0.05) is 6.58 Å². The number of halogens is 3. The first-order valence-electron chi connectivity index (χ1n) is 11.1. The first-order valence-corrected chi connectivity index (χ1v) is 11.1. The molecule has 0 atom stereocenters. The molecule has 8 nitrogen and oxygen atoms in total. The highest BCUT2D eigenvalue weighted by Gasteiger charge is 2.34. The number of aryl methyl sites for hydroxylation is 1. The minimum absolute atomic E-state index is 0.0833. The van der Waals surface area contributed by atoms with Crippen molar-refractivity contribution in [3.63, 3.8) is 0 Å². The molecule has 2 N–H and O–H groups in total. The highest BCUT2D eigenvalue weighted by molar-refractivity contribution is 6.00. The Bertz CT molecular complexity index is 1470. The number of anilines is 1. The quantitative estimate of drug-likeness (QED) is 0.438. The Balaban J connectivity index is 1.62. The molecule has 0 spiro atoms. The molecule has 4 aromatic heterocycles. The molecule has 0 aromatic carbocycles. The van der Waals surface area contributed by atoms with Crippen LogP contribution in [0.25, 0.3) is 33.3 Å². The molecule has 1 fully saturated rings. The Kier molecular flexibility index (Phi) is 5.42. The first kappa shape index (κ1) is 22.8. The molecule has 35 heavy (non-hydrogen) atoms. The summed E-state index contributed by atoms with van der Waals surface area (Å²) in [5.41, 5.74) is 7.52. The number of carbonyl (C=O) groups excluding carboxylic acids is 1. The van der Waals surface area contributed by atoms with E-state index in [1.807, 2.05) is 6.92 Å². The van der Waals surface area contributed by atoms with Gasteiger partial charge in [-0.2, -0.15) is 13.2 Å². The number of hydrogen-bond acceptors (Lipinski definition) is 6. The van der Waals surface area contributed by atoms with E-state index in [2.05, 4.69) is 26.1 Å². The molecule has 0 unspecified atom stereocenters. The van der Waals surface area contributed by atoms with Crippen LogP contribution < -0.4 is 5.73 Å². The van der Waals surface area contributed by atoms with Crippen molar-refractivity contribution in [1.82, 2.24) is 29.4 Å². The lowest BCUT2D eigenvalue weighted by atomic mass is 10.0. The second-order valence-electron chi connectivity index (χ2n) is 8.50. The number of pyridine rings is 3. The molecule has 1 saturated heterocycles. The lowest BCUT2D eigenvalue weighted by Gasteiger charge is -2.33. The third-order valence-corrected chi connectivity index (χ3v) is 6.37. The van der Waals surface area contributed by atoms with Crippen molar-refractivity contribution in [3.8, 4) is 11.3 Å². The van der Waals surface area contributed by atoms with E-state index in [1.54, 1.807) is 23.2 Å². The van der Waals surface area contributed by atoms with Crippen molar-refractivity contribution < 1.29 is 18.0 Å². The molecule has 0 aliphatic carbocycles. The third-order valence-electron chi connectivity index (χ3n) is 6.37. The van der Waals surface area contributed by atoms with Gasteiger partial charge in [-0.25, -0.2) is 15.0 Å². The van der Waals surface area contributed by atoms with Crippen molar-refractivity contribution in [3.05, 3.63) is 54.6 Å². The number of rotatable bonds is 3. The van der Waals surface area contributed by atoms with Crippen LogP contribution >= 0.6 is 0 Å². The number of nitrogens with zero attached hydrogens (tertiary/aromatic N) is 6. The molecule has 0 radical (unpaired) electrons. The van der Waals surface area contributed by atoms with E-state index in [4.69, 9.17) is 10.7 Å². The molecule has 11 heteroatoms. The number of nitrogens with two attached hydrogens (primary N) is 1. The van der Waals surface area contributed by atoms with E-state index >= 15 is 0 Å². The van der Waals surface area contributed by atoms with Gasteiger partial charge in [-0.15, -0.1) is 0 Å². The maximum absolute atomic E-state index is 13.4. The Hall–Kier alpha value is -4.02. The number of hydrogen-bond donors (Lipinski definition) is 1. The predicted molar refractivity (Wildman–Crippen MR) is 125 cm³/mol. The van der Waals surface area contributed by atoms with Crippen LogP contribution in [0.4, 0.5) is 19.0 Å². The van der Waals surface area contributed by atoms with Gasteiger partial charge in [0, 0.05) is 30.9 Å². The average Bonchev–Trinajstić information content (AvgIpc) is 3.19. The summed E-state index contributed by atoms with van der Waals surface area (Å²) < 4.78 is 42.2. The molecular formula is C24H22F3N7O. The molecule has 4 aromatic rings. The molecule has 1 aliphatic heterocycles. The summed E-state index contributed by atoms with van der Waals surface area (Å²) in [5, 5.41) is 0. The highest BCUT2D eigenvalue weighted by atomic mass is 19.4. The SMILES string of the molecule is C=CC(=O)N1CCC(n2c(C)nc3cnc4ccc(-c5cnc(N)c(C(F)(F)F)c5)nc4c32)CC1. The van der Waals surface area contributed by atoms with Gasteiger partial charge in [0.25, 0.3) is 0 Å². The van der Waals surface area contributed by atoms with E-state index in [9.17, 15) is 18.0 Å². The second-order valence-corrected chi connectivity index (χ2v) is 8.50. The van der Waals surface area contributed by atoms with Gasteiger partial charge >= 0.3 is 6.18 Å². The van der Waals surface area contributed by atoms with Crippen LogP contribution in [-0.2, 0) is 11.0 Å². The number of carbonyl (C=O) groups is 1. The van der Waals surface area contributed by atoms with Crippen LogP contribution in [0, 0.1) is 6.92 Å². The summed E-state index contributed by atoms with van der Waals surface area (Å²) in [6.45, 7) is 6.64. The molecule has 180 valence electrons. The summed E-state index contributed by atoms with van der Waals surface area (Å²) in [6, 6.07) is 4.37. The summed E-state index contributed by atoms with van der Waals surface area (Å²) >= 11 is 0. The number of imidazole rings is 1. The Morgan fingerprint density at radius 1 is 1.14 bits per heavy atom. The minimum atomic E-state index is -4.63. The van der Waals surface area contributed by atoms with E-state index < -0.39 is 17.6 Å². The number of piperidine rings is 1. The van der Waals surface area contributed by atoms with Crippen molar-refractivity contribution in [1.29, 1.82) is 0 Å². The summed E-state index contributed by atoms with van der Waals surface area (Å²) in [6.07, 6.45) is 1.10. The van der Waals surface area contributed by atoms with Crippen molar-refractivity contribution >= 4 is 33.8 Å². The van der Waals surface area contributed by atoms with Crippen LogP contribution in [0.2, 0.25) is 0 Å². The number of amides is 1. The lowest BCUT2D eigenvalue weighted by Crippen LogP contribution is -2.38. The fourth-order valence-electron chi connectivity index (χ4n) is 4.68. The van der Waals surface area contributed by atoms with Crippen molar-refractivity contribution in [2.45, 2.75) is 32.0 Å². The zero-order chi connectivity index (χ0) is 24.9. The molecule has 0 saturated carbocycles. The Morgan fingerprint density at radius 3 is 2.57 bits per heavy atom. The van der Waals surface area contributed by atoms with Gasteiger partial charge in [-0.05, 0) is 44.0 Å². The van der Waals surface area contributed by atoms with Crippen LogP contribution in [0.15, 0.2) is 43.2 Å². The zero-order valence-electron chi connectivity index (χ0n) is 18.9. The number of nitrogen functional groups attached to an aromatic ring is 1. The topological polar surface area (TPSA) is 103 Å². The number of fused-ring (bicyclic) bond motifs is 3. The molecule has 1 amide bonds. The molecular weight excluding hydrogens is 459 g/mol. The van der Waals surface area contributed by atoms with E-state index in [-0.39, 0.29) is 17.5 Å². The molecule has 1 aliphatic rings. The maximum atomic E-state index is 13.4. The maximum Gasteiger partial charge on any atom is 0.419 e. The number of likely N-dealkylation sites (tertiary alicyclic amines) is 1. The van der Waals surface area contributed by atoms with Gasteiger partial charge in [0.2, 0.25) is 5.91 Å². The number of aromatic nitrogens is 5. The predicted octanol–water partition coefficient (Wildman–Crippen LogP) is 4.30. The Morgan fingerprint density at radius 2 is 1.89 bits per heavy atom. The third kappa shape index (κ3) is 3.96. The minimum Gasteiger partial charge on any atom is -0.383 e. The van der Waals surface area contributed by atoms with E-state index in [0.717, 1.165) is 30.2 Å². The summed E-state index contributed by atoms with van der Waals surface area (Å²) in [5.74, 6) is 0.108. The van der Waals surface area contributed by atoms with Crippen molar-refractivity contribution in [2.24, 2.45) is 0 Å². The first-order chi connectivity index (χ1) is 16.7. The summed E-state index contributed by atoms with van der Waals surface area (Å²) in [7, 11) is 0. The number of alkyl halides is 3. The lowest BCUT2D eigenvalue weighted by molar-refractivity contribution is -0.137. The fraction of sp³-hybridized carbons (Fsp3) is 0.292. The molecule has 5 heterocycles. The van der Waals surface area contributed by atoms with Gasteiger partial charge < -0.3 is 15.2 Å². The fourth-order valence-corrected chi connectivity index (χ4v) is 4.68. The van der Waals surface area contributed by atoms with Crippen LogP contribution in [0.3, 0.4) is 0 Å². The van der Waals surface area contributed by atoms with Gasteiger partial charge in [0.1, 0.15) is 22.7 Å².